The van der Waals surface area contributed by atoms with Crippen LogP contribution in [0.2, 0.25) is 0 Å². The minimum absolute atomic E-state index is 0. The van der Waals surface area contributed by atoms with Crippen LogP contribution in [-0.4, -0.2) is 26.0 Å². The molecule has 1 aliphatic carbocycles. The van der Waals surface area contributed by atoms with Crippen molar-refractivity contribution in [2.45, 2.75) is 59.3 Å². The number of hydrogen-bond donors (Lipinski definition) is 0. The van der Waals surface area contributed by atoms with Crippen LogP contribution in [0, 0.1) is 6.42 Å². The van der Waals surface area contributed by atoms with E-state index in [9.17, 15) is 0 Å². The molecule has 139 valence electrons. The zero-order chi connectivity index (χ0) is 19.3. The van der Waals surface area contributed by atoms with E-state index in [2.05, 4.69) is 91.3 Å². The monoisotopic (exact) mass is 355 g/mol. The van der Waals surface area contributed by atoms with Gasteiger partial charge in [-0.3, -0.25) is 0 Å². The Kier molecular flexibility index (Phi) is 6.11. The van der Waals surface area contributed by atoms with E-state index in [1.165, 1.54) is 39.0 Å². The van der Waals surface area contributed by atoms with Gasteiger partial charge in [-0.15, -0.1) is 0 Å². The fourth-order valence-electron chi connectivity index (χ4n) is 3.75. The summed E-state index contributed by atoms with van der Waals surface area (Å²) in [5.41, 5.74) is 9.08. The molecule has 0 heterocycles. The topological polar surface area (TPSA) is 9.23 Å². The molecule has 0 unspecified atom stereocenters. The van der Waals surface area contributed by atoms with Gasteiger partial charge in [0.2, 0.25) is 0 Å². The molecule has 2 aromatic carbocycles. The van der Waals surface area contributed by atoms with Gasteiger partial charge in [-0.25, -0.2) is 0 Å². The number of hydrogen-bond acceptors (Lipinski definition) is 1. The average Bonchev–Trinajstić information content (AvgIpc) is 2.91. The third kappa shape index (κ3) is 4.21. The standard InChI is InChI=1S/C25H31O.Li.H/c1-16-12-17-10-9-11-19(20(17)13-16)18-14-21(24(2,3)4)23(26-8)22(15-18)25(5,6)7;;/h9-15H,1-8H3;;. The summed E-state index contributed by atoms with van der Waals surface area (Å²) in [5.74, 6) is 1.03. The van der Waals surface area contributed by atoms with E-state index in [1.807, 2.05) is 0 Å². The molecule has 1 radical (unpaired) electrons. The van der Waals surface area contributed by atoms with Crippen LogP contribution in [-0.2, 0) is 10.8 Å². The molecule has 2 heteroatoms. The third-order valence-electron chi connectivity index (χ3n) is 5.12. The van der Waals surface area contributed by atoms with Crippen molar-refractivity contribution in [2.75, 3.05) is 7.11 Å². The zero-order valence-corrected chi connectivity index (χ0v) is 17.4. The molecule has 2 aromatic rings. The van der Waals surface area contributed by atoms with Gasteiger partial charge in [0.15, 0.2) is 0 Å². The second-order valence-corrected chi connectivity index (χ2v) is 9.45. The Morgan fingerprint density at radius 3 is 1.89 bits per heavy atom. The van der Waals surface area contributed by atoms with E-state index in [-0.39, 0.29) is 29.7 Å². The molecule has 0 aromatic heterocycles. The number of rotatable bonds is 2. The SMILES string of the molecule is COc1c(C(C)(C)C)cc(-c2cccc3c2C=C(C)[CH]3)cc1C(C)(C)C.[LiH]. The normalized spacial score (nSPS) is 13.7. The first kappa shape index (κ1) is 21.9. The molecule has 0 saturated carbocycles. The van der Waals surface area contributed by atoms with Crippen LogP contribution in [0.5, 0.6) is 5.75 Å². The van der Waals surface area contributed by atoms with Crippen LogP contribution in [0.4, 0.5) is 0 Å². The molecular weight excluding hydrogens is 323 g/mol. The van der Waals surface area contributed by atoms with Crippen LogP contribution in [0.15, 0.2) is 35.9 Å². The maximum absolute atomic E-state index is 5.91. The van der Waals surface area contributed by atoms with Crippen molar-refractivity contribution in [1.29, 1.82) is 0 Å². The van der Waals surface area contributed by atoms with Crippen LogP contribution in [0.1, 0.15) is 70.7 Å². The molecule has 0 bridgehead atoms. The summed E-state index contributed by atoms with van der Waals surface area (Å²) in [6, 6.07) is 11.2. The van der Waals surface area contributed by atoms with Crippen molar-refractivity contribution in [3.8, 4) is 16.9 Å². The summed E-state index contributed by atoms with van der Waals surface area (Å²) < 4.78 is 5.91. The van der Waals surface area contributed by atoms with Gasteiger partial charge in [0, 0.05) is 17.5 Å². The van der Waals surface area contributed by atoms with E-state index in [0.29, 0.717) is 0 Å². The predicted octanol–water partition coefficient (Wildman–Crippen LogP) is 6.28. The van der Waals surface area contributed by atoms with Gasteiger partial charge < -0.3 is 4.74 Å². The minimum atomic E-state index is 0. The molecule has 27 heavy (non-hydrogen) atoms. The molecular formula is C25H32LiO. The summed E-state index contributed by atoms with van der Waals surface area (Å²) in [6.45, 7) is 15.7. The van der Waals surface area contributed by atoms with Crippen LogP contribution in [0.3, 0.4) is 0 Å². The van der Waals surface area contributed by atoms with Crippen molar-refractivity contribution in [3.05, 3.63) is 64.6 Å². The predicted molar refractivity (Wildman–Crippen MR) is 120 cm³/mol. The van der Waals surface area contributed by atoms with E-state index in [0.717, 1.165) is 5.75 Å². The van der Waals surface area contributed by atoms with Crippen molar-refractivity contribution in [3.63, 3.8) is 0 Å². The first-order valence-corrected chi connectivity index (χ1v) is 9.42. The van der Waals surface area contributed by atoms with E-state index in [1.54, 1.807) is 7.11 Å². The molecule has 1 nitrogen and oxygen atoms in total. The van der Waals surface area contributed by atoms with Crippen LogP contribution in [0.25, 0.3) is 17.2 Å². The van der Waals surface area contributed by atoms with Gasteiger partial charge >= 0.3 is 18.9 Å². The second kappa shape index (κ2) is 7.54. The fraction of sp³-hybridized carbons (Fsp3) is 0.400. The molecule has 0 aliphatic heterocycles. The first-order valence-electron chi connectivity index (χ1n) is 9.42. The Balaban J connectivity index is 0.00000261. The first-order chi connectivity index (χ1) is 12.0. The van der Waals surface area contributed by atoms with Crippen molar-refractivity contribution < 1.29 is 4.74 Å². The second-order valence-electron chi connectivity index (χ2n) is 9.45. The Morgan fingerprint density at radius 2 is 1.41 bits per heavy atom. The Morgan fingerprint density at radius 1 is 0.852 bits per heavy atom. The number of benzene rings is 2. The van der Waals surface area contributed by atoms with Gasteiger partial charge in [-0.05, 0) is 52.1 Å². The molecule has 0 saturated heterocycles. The summed E-state index contributed by atoms with van der Waals surface area (Å²) in [5, 5.41) is 0. The average molecular weight is 355 g/mol. The van der Waals surface area contributed by atoms with Gasteiger partial charge in [-0.1, -0.05) is 71.4 Å². The molecule has 0 fully saturated rings. The summed E-state index contributed by atoms with van der Waals surface area (Å²) in [6.07, 6.45) is 4.56. The van der Waals surface area contributed by atoms with Crippen LogP contribution < -0.4 is 4.74 Å². The van der Waals surface area contributed by atoms with Crippen molar-refractivity contribution in [1.82, 2.24) is 0 Å². The van der Waals surface area contributed by atoms with Gasteiger partial charge in [0.25, 0.3) is 0 Å². The summed E-state index contributed by atoms with van der Waals surface area (Å²) >= 11 is 0. The van der Waals surface area contributed by atoms with Crippen molar-refractivity contribution in [2.24, 2.45) is 0 Å². The quantitative estimate of drug-likeness (QED) is 0.576. The van der Waals surface area contributed by atoms with E-state index >= 15 is 0 Å². The molecule has 0 spiro atoms. The van der Waals surface area contributed by atoms with Gasteiger partial charge in [0.1, 0.15) is 5.75 Å². The molecule has 0 atom stereocenters. The number of ether oxygens (including phenoxy) is 1. The Labute approximate surface area is 177 Å². The van der Waals surface area contributed by atoms with Crippen LogP contribution >= 0.6 is 0 Å². The summed E-state index contributed by atoms with van der Waals surface area (Å²) in [7, 11) is 1.79. The molecule has 0 N–H and O–H groups in total. The number of fused-ring (bicyclic) bond motifs is 1. The van der Waals surface area contributed by atoms with Crippen molar-refractivity contribution >= 4 is 24.9 Å². The third-order valence-corrected chi connectivity index (χ3v) is 5.12. The molecule has 3 rings (SSSR count). The van der Waals surface area contributed by atoms with Gasteiger partial charge in [0.05, 0.1) is 7.11 Å². The number of methoxy groups -OCH3 is 1. The Bertz CT molecular complexity index is 841. The zero-order valence-electron chi connectivity index (χ0n) is 17.4. The molecule has 1 aliphatic rings. The van der Waals surface area contributed by atoms with Gasteiger partial charge in [-0.2, -0.15) is 0 Å². The maximum atomic E-state index is 5.91. The Hall–Kier alpha value is -1.42. The summed E-state index contributed by atoms with van der Waals surface area (Å²) in [4.78, 5) is 0. The fourth-order valence-corrected chi connectivity index (χ4v) is 3.75. The molecule has 0 amide bonds. The van der Waals surface area contributed by atoms with E-state index < -0.39 is 0 Å². The number of allylic oxidation sites excluding steroid dienone is 1. The van der Waals surface area contributed by atoms with E-state index in [4.69, 9.17) is 4.74 Å².